The molecule has 10 heteroatoms. The number of hydrogen-bond donors (Lipinski definition) is 2. The molecule has 0 saturated carbocycles. The molecule has 1 fully saturated rings. The monoisotopic (exact) mass is 435 g/mol. The van der Waals surface area contributed by atoms with E-state index in [1.165, 1.54) is 0 Å². The summed E-state index contributed by atoms with van der Waals surface area (Å²) in [7, 11) is 0. The average molecular weight is 436 g/mol. The van der Waals surface area contributed by atoms with E-state index in [1.54, 1.807) is 29.2 Å². The van der Waals surface area contributed by atoms with Crippen LogP contribution in [0.3, 0.4) is 0 Å². The summed E-state index contributed by atoms with van der Waals surface area (Å²) >= 11 is 6.77. The van der Waals surface area contributed by atoms with E-state index in [2.05, 4.69) is 20.8 Å². The SMILES string of the molecule is CCCNC(=O)[C@@H]1CCCN(C(=O)c2nnc(C(=O)Nc3ccc(Cl)cc3)s2)C1. The number of aromatic nitrogens is 2. The summed E-state index contributed by atoms with van der Waals surface area (Å²) in [6, 6.07) is 6.67. The Hall–Kier alpha value is -2.52. The van der Waals surface area contributed by atoms with Gasteiger partial charge in [-0.2, -0.15) is 0 Å². The van der Waals surface area contributed by atoms with Crippen LogP contribution >= 0.6 is 22.9 Å². The largest absolute Gasteiger partial charge is 0.356 e. The topological polar surface area (TPSA) is 104 Å². The van der Waals surface area contributed by atoms with Crippen molar-refractivity contribution in [3.8, 4) is 0 Å². The zero-order chi connectivity index (χ0) is 20.8. The van der Waals surface area contributed by atoms with Crippen molar-refractivity contribution in [3.05, 3.63) is 39.3 Å². The highest BCUT2D eigenvalue weighted by Crippen LogP contribution is 2.21. The molecule has 0 spiro atoms. The minimum Gasteiger partial charge on any atom is -0.356 e. The fraction of sp³-hybridized carbons (Fsp3) is 0.421. The predicted octanol–water partition coefficient (Wildman–Crippen LogP) is 2.82. The second kappa shape index (κ2) is 9.80. The van der Waals surface area contributed by atoms with E-state index in [-0.39, 0.29) is 27.7 Å². The van der Waals surface area contributed by atoms with E-state index in [1.807, 2.05) is 6.92 Å². The summed E-state index contributed by atoms with van der Waals surface area (Å²) in [5, 5.41) is 14.1. The van der Waals surface area contributed by atoms with Crippen LogP contribution in [0.5, 0.6) is 0 Å². The van der Waals surface area contributed by atoms with Gasteiger partial charge in [-0.3, -0.25) is 14.4 Å². The number of likely N-dealkylation sites (tertiary alicyclic amines) is 1. The summed E-state index contributed by atoms with van der Waals surface area (Å²) in [4.78, 5) is 38.9. The van der Waals surface area contributed by atoms with Crippen LogP contribution in [0.1, 0.15) is 45.8 Å². The molecule has 8 nitrogen and oxygen atoms in total. The molecule has 1 aliphatic heterocycles. The molecule has 29 heavy (non-hydrogen) atoms. The van der Waals surface area contributed by atoms with E-state index >= 15 is 0 Å². The first-order valence-electron chi connectivity index (χ1n) is 9.45. The van der Waals surface area contributed by atoms with Gasteiger partial charge in [0.25, 0.3) is 11.8 Å². The highest BCUT2D eigenvalue weighted by atomic mass is 35.5. The first-order valence-corrected chi connectivity index (χ1v) is 10.6. The molecule has 0 bridgehead atoms. The number of rotatable bonds is 6. The van der Waals surface area contributed by atoms with Crippen molar-refractivity contribution in [1.82, 2.24) is 20.4 Å². The third-order valence-electron chi connectivity index (χ3n) is 4.53. The Morgan fingerprint density at radius 2 is 1.93 bits per heavy atom. The molecule has 3 amide bonds. The van der Waals surface area contributed by atoms with E-state index in [9.17, 15) is 14.4 Å². The first kappa shape index (κ1) is 21.2. The molecule has 1 aromatic heterocycles. The van der Waals surface area contributed by atoms with Gasteiger partial charge < -0.3 is 15.5 Å². The van der Waals surface area contributed by atoms with Gasteiger partial charge in [0.05, 0.1) is 5.92 Å². The average Bonchev–Trinajstić information content (AvgIpc) is 3.23. The summed E-state index contributed by atoms with van der Waals surface area (Å²) < 4.78 is 0. The molecule has 154 valence electrons. The van der Waals surface area contributed by atoms with Crippen LogP contribution in [0.2, 0.25) is 5.02 Å². The highest BCUT2D eigenvalue weighted by molar-refractivity contribution is 7.15. The standard InChI is InChI=1S/C19H22ClN5O3S/c1-2-9-21-15(26)12-4-3-10-25(11-12)19(28)18-24-23-17(29-18)16(27)22-14-7-5-13(20)6-8-14/h5-8,12H,2-4,9-11H2,1H3,(H,21,26)(H,22,27)/t12-/m1/s1. The molecule has 0 radical (unpaired) electrons. The van der Waals surface area contributed by atoms with E-state index in [0.29, 0.717) is 30.3 Å². The van der Waals surface area contributed by atoms with Crippen LogP contribution in [0.15, 0.2) is 24.3 Å². The zero-order valence-corrected chi connectivity index (χ0v) is 17.6. The first-order chi connectivity index (χ1) is 14.0. The number of nitrogens with zero attached hydrogens (tertiary/aromatic N) is 3. The third kappa shape index (κ3) is 5.51. The van der Waals surface area contributed by atoms with Crippen molar-refractivity contribution >= 4 is 46.3 Å². The Labute approximate surface area is 177 Å². The lowest BCUT2D eigenvalue weighted by molar-refractivity contribution is -0.126. The predicted molar refractivity (Wildman–Crippen MR) is 111 cm³/mol. The van der Waals surface area contributed by atoms with E-state index < -0.39 is 5.91 Å². The number of carbonyl (C=O) groups is 3. The van der Waals surface area contributed by atoms with Crippen LogP contribution < -0.4 is 10.6 Å². The molecule has 1 atom stereocenters. The van der Waals surface area contributed by atoms with E-state index in [0.717, 1.165) is 30.6 Å². The number of halogens is 1. The minimum atomic E-state index is -0.445. The number of amides is 3. The Morgan fingerprint density at radius 3 is 2.66 bits per heavy atom. The van der Waals surface area contributed by atoms with Gasteiger partial charge in [0, 0.05) is 30.3 Å². The summed E-state index contributed by atoms with van der Waals surface area (Å²) in [6.45, 7) is 3.53. The lowest BCUT2D eigenvalue weighted by Crippen LogP contribution is -2.45. The third-order valence-corrected chi connectivity index (χ3v) is 5.69. The lowest BCUT2D eigenvalue weighted by atomic mass is 9.97. The maximum atomic E-state index is 12.8. The maximum absolute atomic E-state index is 12.8. The fourth-order valence-electron chi connectivity index (χ4n) is 3.02. The number of benzene rings is 1. The van der Waals surface area contributed by atoms with Crippen molar-refractivity contribution in [2.45, 2.75) is 26.2 Å². The van der Waals surface area contributed by atoms with Crippen LogP contribution in [0, 0.1) is 5.92 Å². The normalized spacial score (nSPS) is 16.3. The van der Waals surface area contributed by atoms with Crippen LogP contribution in [0.4, 0.5) is 5.69 Å². The van der Waals surface area contributed by atoms with E-state index in [4.69, 9.17) is 11.6 Å². The van der Waals surface area contributed by atoms with Gasteiger partial charge in [-0.05, 0) is 43.5 Å². The van der Waals surface area contributed by atoms with Gasteiger partial charge in [0.1, 0.15) is 0 Å². The lowest BCUT2D eigenvalue weighted by Gasteiger charge is -2.31. The molecule has 2 aromatic rings. The smallest absolute Gasteiger partial charge is 0.286 e. The highest BCUT2D eigenvalue weighted by Gasteiger charge is 2.30. The number of hydrogen-bond acceptors (Lipinski definition) is 6. The Kier molecular flexibility index (Phi) is 7.16. The second-order valence-corrected chi connectivity index (χ2v) is 8.17. The van der Waals surface area contributed by atoms with Gasteiger partial charge in [-0.25, -0.2) is 0 Å². The van der Waals surface area contributed by atoms with Crippen molar-refractivity contribution in [1.29, 1.82) is 0 Å². The number of piperidine rings is 1. The summed E-state index contributed by atoms with van der Waals surface area (Å²) in [5.41, 5.74) is 0.569. The van der Waals surface area contributed by atoms with Crippen LogP contribution in [-0.2, 0) is 4.79 Å². The fourth-order valence-corrected chi connectivity index (χ4v) is 3.86. The molecular weight excluding hydrogens is 414 g/mol. The maximum Gasteiger partial charge on any atom is 0.286 e. The van der Waals surface area contributed by atoms with Gasteiger partial charge in [-0.15, -0.1) is 10.2 Å². The Balaban J connectivity index is 1.61. The van der Waals surface area contributed by atoms with Crippen molar-refractivity contribution in [2.24, 2.45) is 5.92 Å². The number of nitrogens with one attached hydrogen (secondary N) is 2. The van der Waals surface area contributed by atoms with Gasteiger partial charge >= 0.3 is 0 Å². The van der Waals surface area contributed by atoms with Crippen molar-refractivity contribution in [2.75, 3.05) is 25.0 Å². The summed E-state index contributed by atoms with van der Waals surface area (Å²) in [5.74, 6) is -0.995. The van der Waals surface area contributed by atoms with Crippen LogP contribution in [-0.4, -0.2) is 52.5 Å². The molecule has 2 N–H and O–H groups in total. The molecule has 2 heterocycles. The van der Waals surface area contributed by atoms with Gasteiger partial charge in [0.15, 0.2) is 0 Å². The molecule has 1 saturated heterocycles. The van der Waals surface area contributed by atoms with Crippen LogP contribution in [0.25, 0.3) is 0 Å². The zero-order valence-electron chi connectivity index (χ0n) is 16.0. The molecule has 1 aliphatic rings. The Bertz CT molecular complexity index is 886. The minimum absolute atomic E-state index is 0.0235. The van der Waals surface area contributed by atoms with Gasteiger partial charge in [-0.1, -0.05) is 29.9 Å². The second-order valence-electron chi connectivity index (χ2n) is 6.75. The molecule has 1 aromatic carbocycles. The molecule has 0 unspecified atom stereocenters. The Morgan fingerprint density at radius 1 is 1.21 bits per heavy atom. The summed E-state index contributed by atoms with van der Waals surface area (Å²) in [6.07, 6.45) is 2.37. The molecular formula is C19H22ClN5O3S. The molecule has 0 aliphatic carbocycles. The number of carbonyl (C=O) groups excluding carboxylic acids is 3. The molecule has 3 rings (SSSR count). The van der Waals surface area contributed by atoms with Gasteiger partial charge in [0.2, 0.25) is 15.9 Å². The number of anilines is 1. The van der Waals surface area contributed by atoms with Crippen molar-refractivity contribution < 1.29 is 14.4 Å². The quantitative estimate of drug-likeness (QED) is 0.725. The van der Waals surface area contributed by atoms with Crippen molar-refractivity contribution in [3.63, 3.8) is 0 Å².